The molecule has 0 saturated heterocycles. The number of carbonyl (C=O) groups is 1. The van der Waals surface area contributed by atoms with Gasteiger partial charge >= 0.3 is 5.97 Å². The van der Waals surface area contributed by atoms with Gasteiger partial charge in [-0.25, -0.2) is 0 Å². The Morgan fingerprint density at radius 2 is 2.11 bits per heavy atom. The van der Waals surface area contributed by atoms with Crippen molar-refractivity contribution in [3.63, 3.8) is 0 Å². The predicted octanol–water partition coefficient (Wildman–Crippen LogP) is 2.76. The Morgan fingerprint density at radius 3 is 2.79 bits per heavy atom. The summed E-state index contributed by atoms with van der Waals surface area (Å²) in [6.07, 6.45) is 0.593. The molecule has 4 heteroatoms. The van der Waals surface area contributed by atoms with Gasteiger partial charge in [0, 0.05) is 13.1 Å². The Morgan fingerprint density at radius 1 is 1.32 bits per heavy atom. The molecule has 3 rings (SSSR count). The van der Waals surface area contributed by atoms with E-state index in [1.807, 2.05) is 28.5 Å². The second-order valence-electron chi connectivity index (χ2n) is 4.86. The number of benzene rings is 1. The van der Waals surface area contributed by atoms with Gasteiger partial charge in [-0.05, 0) is 39.9 Å². The molecule has 1 unspecified atom stereocenters. The first kappa shape index (κ1) is 12.4. The smallest absolute Gasteiger partial charge is 0.321 e. The monoisotopic (exact) mass is 273 g/mol. The van der Waals surface area contributed by atoms with E-state index < -0.39 is 12.0 Å². The fourth-order valence-corrected chi connectivity index (χ4v) is 3.26. The van der Waals surface area contributed by atoms with Crippen molar-refractivity contribution in [1.29, 1.82) is 0 Å². The van der Waals surface area contributed by atoms with Crippen LogP contribution >= 0.6 is 11.3 Å². The second-order valence-corrected chi connectivity index (χ2v) is 5.64. The molecule has 0 saturated carbocycles. The van der Waals surface area contributed by atoms with Crippen molar-refractivity contribution in [2.24, 2.45) is 0 Å². The zero-order chi connectivity index (χ0) is 13.2. The van der Waals surface area contributed by atoms with Crippen LogP contribution in [0.4, 0.5) is 0 Å². The number of nitrogens with zero attached hydrogens (tertiary/aromatic N) is 1. The third-order valence-corrected chi connectivity index (χ3v) is 4.33. The Hall–Kier alpha value is -1.65. The number of aliphatic carboxylic acids is 1. The molecule has 2 aromatic rings. The van der Waals surface area contributed by atoms with Gasteiger partial charge in [0.25, 0.3) is 0 Å². The number of hydrogen-bond acceptors (Lipinski definition) is 3. The third-order valence-electron chi connectivity index (χ3n) is 3.60. The van der Waals surface area contributed by atoms with Crippen LogP contribution in [0.3, 0.4) is 0 Å². The van der Waals surface area contributed by atoms with Crippen molar-refractivity contribution >= 4 is 17.3 Å². The van der Waals surface area contributed by atoms with Crippen LogP contribution < -0.4 is 0 Å². The fourth-order valence-electron chi connectivity index (χ4n) is 2.60. The van der Waals surface area contributed by atoms with E-state index in [0.29, 0.717) is 19.5 Å². The number of hydrogen-bond donors (Lipinski definition) is 1. The number of rotatable bonds is 3. The van der Waals surface area contributed by atoms with Crippen molar-refractivity contribution in [2.45, 2.75) is 25.6 Å². The molecule has 0 aliphatic carbocycles. The van der Waals surface area contributed by atoms with Gasteiger partial charge in [-0.1, -0.05) is 24.3 Å². The van der Waals surface area contributed by atoms with Crippen molar-refractivity contribution in [2.75, 3.05) is 0 Å². The molecule has 1 aromatic heterocycles. The summed E-state index contributed by atoms with van der Waals surface area (Å²) in [6.45, 7) is 1.41. The van der Waals surface area contributed by atoms with Gasteiger partial charge < -0.3 is 5.11 Å². The molecule has 0 bridgehead atoms. The third kappa shape index (κ3) is 2.55. The van der Waals surface area contributed by atoms with E-state index in [2.05, 4.69) is 17.5 Å². The summed E-state index contributed by atoms with van der Waals surface area (Å²) >= 11 is 1.65. The Labute approximate surface area is 116 Å². The summed E-state index contributed by atoms with van der Waals surface area (Å²) < 4.78 is 0. The van der Waals surface area contributed by atoms with Crippen LogP contribution in [0.15, 0.2) is 41.1 Å². The zero-order valence-corrected chi connectivity index (χ0v) is 11.3. The van der Waals surface area contributed by atoms with Crippen LogP contribution in [0.25, 0.3) is 0 Å². The fraction of sp³-hybridized carbons (Fsp3) is 0.267. The average Bonchev–Trinajstić information content (AvgIpc) is 2.90. The summed E-state index contributed by atoms with van der Waals surface area (Å²) in [5.41, 5.74) is 3.60. The second kappa shape index (κ2) is 5.15. The number of carboxylic acids is 1. The van der Waals surface area contributed by atoms with E-state index in [9.17, 15) is 9.90 Å². The van der Waals surface area contributed by atoms with Crippen LogP contribution in [0.1, 0.15) is 16.7 Å². The maximum Gasteiger partial charge on any atom is 0.321 e. The average molecular weight is 273 g/mol. The molecule has 1 N–H and O–H groups in total. The van der Waals surface area contributed by atoms with Gasteiger partial charge in [-0.15, -0.1) is 0 Å². The summed E-state index contributed by atoms with van der Waals surface area (Å²) in [7, 11) is 0. The van der Waals surface area contributed by atoms with Gasteiger partial charge in [0.15, 0.2) is 0 Å². The van der Waals surface area contributed by atoms with Crippen LogP contribution in [0, 0.1) is 0 Å². The van der Waals surface area contributed by atoms with Crippen LogP contribution in [0.2, 0.25) is 0 Å². The number of thiophene rings is 1. The van der Waals surface area contributed by atoms with E-state index >= 15 is 0 Å². The minimum absolute atomic E-state index is 0.421. The molecule has 1 aliphatic rings. The highest BCUT2D eigenvalue weighted by atomic mass is 32.1. The Bertz CT molecular complexity index is 580. The molecule has 0 fully saturated rings. The van der Waals surface area contributed by atoms with E-state index in [1.165, 1.54) is 11.1 Å². The van der Waals surface area contributed by atoms with E-state index in [0.717, 1.165) is 5.56 Å². The molecule has 98 valence electrons. The molecule has 1 aromatic carbocycles. The quantitative estimate of drug-likeness (QED) is 0.935. The minimum Gasteiger partial charge on any atom is -0.480 e. The SMILES string of the molecule is O=C(O)C1Cc2ccccc2CN1Cc1ccsc1. The topological polar surface area (TPSA) is 40.5 Å². The van der Waals surface area contributed by atoms with Crippen molar-refractivity contribution < 1.29 is 9.90 Å². The lowest BCUT2D eigenvalue weighted by molar-refractivity contribution is -0.144. The van der Waals surface area contributed by atoms with Crippen LogP contribution in [0.5, 0.6) is 0 Å². The maximum atomic E-state index is 11.5. The lowest BCUT2D eigenvalue weighted by atomic mass is 9.94. The summed E-state index contributed by atoms with van der Waals surface area (Å²) in [4.78, 5) is 13.5. The summed E-state index contributed by atoms with van der Waals surface area (Å²) in [5, 5.41) is 13.5. The zero-order valence-electron chi connectivity index (χ0n) is 10.5. The molecule has 1 aliphatic heterocycles. The van der Waals surface area contributed by atoms with Gasteiger partial charge in [0.05, 0.1) is 0 Å². The maximum absolute atomic E-state index is 11.5. The molecule has 1 atom stereocenters. The molecule has 2 heterocycles. The van der Waals surface area contributed by atoms with Crippen molar-refractivity contribution in [1.82, 2.24) is 4.90 Å². The molecular formula is C15H15NO2S. The molecular weight excluding hydrogens is 258 g/mol. The molecule has 0 radical (unpaired) electrons. The van der Waals surface area contributed by atoms with E-state index in [-0.39, 0.29) is 0 Å². The van der Waals surface area contributed by atoms with Crippen LogP contribution in [-0.2, 0) is 24.3 Å². The standard InChI is InChI=1S/C15H15NO2S/c17-15(18)14-7-12-3-1-2-4-13(12)9-16(14)8-11-5-6-19-10-11/h1-6,10,14H,7-9H2,(H,17,18). The Balaban J connectivity index is 1.87. The van der Waals surface area contributed by atoms with Gasteiger partial charge in [0.1, 0.15) is 6.04 Å². The van der Waals surface area contributed by atoms with Gasteiger partial charge in [0.2, 0.25) is 0 Å². The normalized spacial score (nSPS) is 19.1. The lowest BCUT2D eigenvalue weighted by Crippen LogP contribution is -2.44. The lowest BCUT2D eigenvalue weighted by Gasteiger charge is -2.34. The van der Waals surface area contributed by atoms with E-state index in [4.69, 9.17) is 0 Å². The van der Waals surface area contributed by atoms with E-state index in [1.54, 1.807) is 11.3 Å². The summed E-state index contributed by atoms with van der Waals surface area (Å²) in [5.74, 6) is -0.732. The summed E-state index contributed by atoms with van der Waals surface area (Å²) in [6, 6.07) is 9.76. The number of carboxylic acid groups (broad SMARTS) is 1. The Kier molecular flexibility index (Phi) is 3.36. The highest BCUT2D eigenvalue weighted by molar-refractivity contribution is 7.07. The first-order valence-electron chi connectivity index (χ1n) is 6.29. The molecule has 0 amide bonds. The molecule has 0 spiro atoms. The van der Waals surface area contributed by atoms with Gasteiger partial charge in [-0.3, -0.25) is 9.69 Å². The minimum atomic E-state index is -0.732. The highest BCUT2D eigenvalue weighted by Crippen LogP contribution is 2.25. The number of fused-ring (bicyclic) bond motifs is 1. The van der Waals surface area contributed by atoms with Crippen molar-refractivity contribution in [3.8, 4) is 0 Å². The first-order chi connectivity index (χ1) is 9.24. The van der Waals surface area contributed by atoms with Crippen LogP contribution in [-0.4, -0.2) is 22.0 Å². The molecule has 3 nitrogen and oxygen atoms in total. The first-order valence-corrected chi connectivity index (χ1v) is 7.23. The molecule has 19 heavy (non-hydrogen) atoms. The van der Waals surface area contributed by atoms with Gasteiger partial charge in [-0.2, -0.15) is 11.3 Å². The van der Waals surface area contributed by atoms with Crippen molar-refractivity contribution in [3.05, 3.63) is 57.8 Å². The highest BCUT2D eigenvalue weighted by Gasteiger charge is 2.31. The predicted molar refractivity (Wildman–Crippen MR) is 75.1 cm³/mol. The largest absolute Gasteiger partial charge is 0.480 e.